The van der Waals surface area contributed by atoms with Crippen LogP contribution < -0.4 is 10.0 Å². The minimum Gasteiger partial charge on any atom is -0.491 e. The van der Waals surface area contributed by atoms with Crippen LogP contribution in [0.5, 0.6) is 5.75 Å². The standard InChI is InChI=1S/C18H28BrN2O6P/c1-18(2,3)27-17(22)21-8-6-13(7-9-21)12-26-14-11-20-16(19)10-15(14)28(23,24-4)25-5/h10-11,13H,6-9,12H2,1-5H3. The summed E-state index contributed by atoms with van der Waals surface area (Å²) in [6, 6.07) is 1.58. The molecule has 28 heavy (non-hydrogen) atoms. The molecule has 1 aliphatic rings. The fourth-order valence-corrected chi connectivity index (χ4v) is 4.54. The zero-order chi connectivity index (χ0) is 20.9. The van der Waals surface area contributed by atoms with Crippen LogP contribution in [0.25, 0.3) is 0 Å². The van der Waals surface area contributed by atoms with Gasteiger partial charge in [-0.2, -0.15) is 0 Å². The predicted octanol–water partition coefficient (Wildman–Crippen LogP) is 3.98. The zero-order valence-electron chi connectivity index (χ0n) is 16.9. The predicted molar refractivity (Wildman–Crippen MR) is 109 cm³/mol. The SMILES string of the molecule is COP(=O)(OC)c1cc(Br)ncc1OCC1CCN(C(=O)OC(C)(C)C)CC1. The van der Waals surface area contributed by atoms with Crippen molar-refractivity contribution in [2.24, 2.45) is 5.92 Å². The Kier molecular flexibility index (Phi) is 7.90. The van der Waals surface area contributed by atoms with E-state index in [4.69, 9.17) is 18.5 Å². The Morgan fingerprint density at radius 2 is 1.89 bits per heavy atom. The van der Waals surface area contributed by atoms with Crippen LogP contribution in [0.2, 0.25) is 0 Å². The van der Waals surface area contributed by atoms with Gasteiger partial charge in [0.05, 0.1) is 12.8 Å². The number of amides is 1. The summed E-state index contributed by atoms with van der Waals surface area (Å²) in [6.07, 6.45) is 2.81. The van der Waals surface area contributed by atoms with Crippen LogP contribution in [0.15, 0.2) is 16.9 Å². The second kappa shape index (κ2) is 9.57. The number of hydrogen-bond acceptors (Lipinski definition) is 7. The van der Waals surface area contributed by atoms with Gasteiger partial charge in [-0.3, -0.25) is 4.57 Å². The lowest BCUT2D eigenvalue weighted by molar-refractivity contribution is 0.0165. The molecular formula is C18H28BrN2O6P. The molecule has 1 amide bonds. The lowest BCUT2D eigenvalue weighted by Gasteiger charge is -2.33. The molecule has 1 saturated heterocycles. The summed E-state index contributed by atoms with van der Waals surface area (Å²) in [4.78, 5) is 18.0. The van der Waals surface area contributed by atoms with Crippen molar-refractivity contribution in [1.82, 2.24) is 9.88 Å². The van der Waals surface area contributed by atoms with Crippen molar-refractivity contribution in [2.45, 2.75) is 39.2 Å². The van der Waals surface area contributed by atoms with Gasteiger partial charge in [0.2, 0.25) is 0 Å². The van der Waals surface area contributed by atoms with Crippen molar-refractivity contribution in [3.05, 3.63) is 16.9 Å². The van der Waals surface area contributed by atoms with Crippen molar-refractivity contribution in [1.29, 1.82) is 0 Å². The molecule has 0 aliphatic carbocycles. The number of carbonyl (C=O) groups excluding carboxylic acids is 1. The van der Waals surface area contributed by atoms with Gasteiger partial charge in [0.1, 0.15) is 15.5 Å². The van der Waals surface area contributed by atoms with E-state index in [2.05, 4.69) is 20.9 Å². The number of carbonyl (C=O) groups is 1. The first-order chi connectivity index (χ1) is 13.1. The Balaban J connectivity index is 1.96. The molecule has 8 nitrogen and oxygen atoms in total. The minimum absolute atomic E-state index is 0.264. The first kappa shape index (κ1) is 23.1. The van der Waals surface area contributed by atoms with Gasteiger partial charge in [-0.25, -0.2) is 9.78 Å². The number of ether oxygens (including phenoxy) is 2. The van der Waals surface area contributed by atoms with E-state index in [0.29, 0.717) is 35.4 Å². The number of likely N-dealkylation sites (tertiary alicyclic amines) is 1. The minimum atomic E-state index is -3.48. The summed E-state index contributed by atoms with van der Waals surface area (Å²) in [6.45, 7) is 7.22. The highest BCUT2D eigenvalue weighted by Crippen LogP contribution is 2.48. The Labute approximate surface area is 174 Å². The highest BCUT2D eigenvalue weighted by molar-refractivity contribution is 9.10. The molecule has 158 valence electrons. The average Bonchev–Trinajstić information content (AvgIpc) is 2.65. The number of piperidine rings is 1. The molecule has 0 atom stereocenters. The number of aromatic nitrogens is 1. The lowest BCUT2D eigenvalue weighted by atomic mass is 9.98. The summed E-state index contributed by atoms with van der Waals surface area (Å²) in [5.74, 6) is 0.629. The van der Waals surface area contributed by atoms with E-state index in [1.807, 2.05) is 20.8 Å². The lowest BCUT2D eigenvalue weighted by Crippen LogP contribution is -2.42. The van der Waals surface area contributed by atoms with Gasteiger partial charge in [-0.1, -0.05) is 0 Å². The quantitative estimate of drug-likeness (QED) is 0.451. The van der Waals surface area contributed by atoms with Gasteiger partial charge >= 0.3 is 13.7 Å². The monoisotopic (exact) mass is 478 g/mol. The third kappa shape index (κ3) is 6.17. The Morgan fingerprint density at radius 3 is 2.43 bits per heavy atom. The number of rotatable bonds is 6. The van der Waals surface area contributed by atoms with E-state index >= 15 is 0 Å². The Hall–Kier alpha value is -1.15. The van der Waals surface area contributed by atoms with Crippen LogP contribution in [0.3, 0.4) is 0 Å². The van der Waals surface area contributed by atoms with Crippen molar-refractivity contribution in [3.8, 4) is 5.75 Å². The van der Waals surface area contributed by atoms with E-state index < -0.39 is 13.2 Å². The maximum Gasteiger partial charge on any atom is 0.410 e. The van der Waals surface area contributed by atoms with Crippen LogP contribution in [0.1, 0.15) is 33.6 Å². The van der Waals surface area contributed by atoms with Gasteiger partial charge in [0, 0.05) is 27.3 Å². The molecule has 0 aromatic carbocycles. The third-order valence-corrected chi connectivity index (χ3v) is 6.66. The number of pyridine rings is 1. The summed E-state index contributed by atoms with van der Waals surface area (Å²) in [7, 11) is -0.819. The maximum atomic E-state index is 12.8. The molecule has 10 heteroatoms. The molecule has 1 aromatic heterocycles. The van der Waals surface area contributed by atoms with Crippen molar-refractivity contribution in [2.75, 3.05) is 33.9 Å². The molecule has 0 saturated carbocycles. The highest BCUT2D eigenvalue weighted by atomic mass is 79.9. The molecular weight excluding hydrogens is 451 g/mol. The fraction of sp³-hybridized carbons (Fsp3) is 0.667. The van der Waals surface area contributed by atoms with Crippen LogP contribution in [0.4, 0.5) is 4.79 Å². The molecule has 2 heterocycles. The van der Waals surface area contributed by atoms with Gasteiger partial charge in [0.25, 0.3) is 0 Å². The Bertz CT molecular complexity index is 723. The molecule has 1 fully saturated rings. The van der Waals surface area contributed by atoms with Gasteiger partial charge in [-0.15, -0.1) is 0 Å². The first-order valence-corrected chi connectivity index (χ1v) is 11.4. The van der Waals surface area contributed by atoms with Gasteiger partial charge < -0.3 is 23.4 Å². The second-order valence-electron chi connectivity index (χ2n) is 7.56. The van der Waals surface area contributed by atoms with Crippen molar-refractivity contribution < 1.29 is 27.9 Å². The summed E-state index contributed by atoms with van der Waals surface area (Å²) in [5.41, 5.74) is -0.501. The van der Waals surface area contributed by atoms with E-state index in [0.717, 1.165) is 12.8 Å². The molecule has 2 rings (SSSR count). The molecule has 0 radical (unpaired) electrons. The maximum absolute atomic E-state index is 12.8. The number of nitrogens with zero attached hydrogens (tertiary/aromatic N) is 2. The van der Waals surface area contributed by atoms with Crippen molar-refractivity contribution >= 4 is 34.9 Å². The zero-order valence-corrected chi connectivity index (χ0v) is 19.4. The average molecular weight is 479 g/mol. The molecule has 1 aromatic rings. The van der Waals surface area contributed by atoms with Crippen LogP contribution in [-0.4, -0.2) is 55.5 Å². The summed E-state index contributed by atoms with van der Waals surface area (Å²) in [5, 5.41) is 0.325. The topological polar surface area (TPSA) is 87.2 Å². The number of hydrogen-bond donors (Lipinski definition) is 0. The third-order valence-electron chi connectivity index (χ3n) is 4.33. The number of halogens is 1. The highest BCUT2D eigenvalue weighted by Gasteiger charge is 2.31. The van der Waals surface area contributed by atoms with E-state index in [9.17, 15) is 9.36 Å². The normalized spacial score (nSPS) is 16.1. The molecule has 0 spiro atoms. The first-order valence-electron chi connectivity index (χ1n) is 9.06. The molecule has 0 bridgehead atoms. The van der Waals surface area contributed by atoms with Crippen LogP contribution in [0, 0.1) is 5.92 Å². The van der Waals surface area contributed by atoms with E-state index in [1.54, 1.807) is 11.0 Å². The largest absolute Gasteiger partial charge is 0.491 e. The van der Waals surface area contributed by atoms with Crippen molar-refractivity contribution in [3.63, 3.8) is 0 Å². The second-order valence-corrected chi connectivity index (χ2v) is 10.6. The van der Waals surface area contributed by atoms with E-state index in [1.165, 1.54) is 20.4 Å². The Morgan fingerprint density at radius 1 is 1.29 bits per heavy atom. The van der Waals surface area contributed by atoms with Crippen LogP contribution in [-0.2, 0) is 18.3 Å². The smallest absolute Gasteiger partial charge is 0.410 e. The molecule has 1 aliphatic heterocycles. The molecule has 0 N–H and O–H groups in total. The van der Waals surface area contributed by atoms with E-state index in [-0.39, 0.29) is 12.0 Å². The molecule has 0 unspecified atom stereocenters. The summed E-state index contributed by atoms with van der Waals surface area (Å²) >= 11 is 3.27. The van der Waals surface area contributed by atoms with Crippen LogP contribution >= 0.6 is 23.5 Å². The van der Waals surface area contributed by atoms with Gasteiger partial charge in [0.15, 0.2) is 5.75 Å². The van der Waals surface area contributed by atoms with Gasteiger partial charge in [-0.05, 0) is 61.5 Å². The summed E-state index contributed by atoms with van der Waals surface area (Å²) < 4.78 is 34.8. The fourth-order valence-electron chi connectivity index (χ4n) is 2.82.